The van der Waals surface area contributed by atoms with E-state index in [4.69, 9.17) is 0 Å². The minimum Gasteiger partial charge on any atom is -0.388 e. The van der Waals surface area contributed by atoms with E-state index in [1.54, 1.807) is 17.9 Å². The highest BCUT2D eigenvalue weighted by Crippen LogP contribution is 2.21. The number of aliphatic hydroxyl groups excluding tert-OH is 1. The summed E-state index contributed by atoms with van der Waals surface area (Å²) in [5.41, 5.74) is 2.10. The maximum atomic E-state index is 14.2. The first kappa shape index (κ1) is 19.5. The SMILES string of the molecule is Cn1nc(CO)nc1-c1cc(F)cc(C(=O)Nc2cnn(Cc3ccccc3)c2)c1. The number of benzene rings is 2. The molecule has 0 aliphatic carbocycles. The van der Waals surface area contributed by atoms with Gasteiger partial charge in [0, 0.05) is 24.4 Å². The number of carbonyl (C=O) groups is 1. The molecule has 9 heteroatoms. The van der Waals surface area contributed by atoms with E-state index in [1.807, 2.05) is 30.3 Å². The van der Waals surface area contributed by atoms with Crippen LogP contribution in [0.5, 0.6) is 0 Å². The van der Waals surface area contributed by atoms with Crippen molar-refractivity contribution in [2.45, 2.75) is 13.2 Å². The average molecular weight is 406 g/mol. The molecule has 2 N–H and O–H groups in total. The molecule has 30 heavy (non-hydrogen) atoms. The Labute approximate surface area is 171 Å². The maximum absolute atomic E-state index is 14.2. The minimum atomic E-state index is -0.578. The zero-order valence-electron chi connectivity index (χ0n) is 16.2. The summed E-state index contributed by atoms with van der Waals surface area (Å²) in [4.78, 5) is 16.8. The van der Waals surface area contributed by atoms with Crippen LogP contribution in [0.2, 0.25) is 0 Å². The first-order valence-electron chi connectivity index (χ1n) is 9.21. The smallest absolute Gasteiger partial charge is 0.255 e. The molecule has 2 heterocycles. The molecule has 4 rings (SSSR count). The first-order valence-corrected chi connectivity index (χ1v) is 9.21. The van der Waals surface area contributed by atoms with Crippen LogP contribution < -0.4 is 5.32 Å². The second kappa shape index (κ2) is 8.26. The largest absolute Gasteiger partial charge is 0.388 e. The fraction of sp³-hybridized carbons (Fsp3) is 0.143. The predicted octanol–water partition coefficient (Wildman–Crippen LogP) is 2.61. The maximum Gasteiger partial charge on any atom is 0.255 e. The molecule has 152 valence electrons. The summed E-state index contributed by atoms with van der Waals surface area (Å²) in [5.74, 6) is -0.484. The fourth-order valence-electron chi connectivity index (χ4n) is 3.09. The van der Waals surface area contributed by atoms with E-state index >= 15 is 0 Å². The molecular weight excluding hydrogens is 387 g/mol. The van der Waals surface area contributed by atoms with E-state index in [-0.39, 0.29) is 18.0 Å². The molecule has 0 radical (unpaired) electrons. The Morgan fingerprint density at radius 3 is 2.73 bits per heavy atom. The number of hydrogen-bond acceptors (Lipinski definition) is 5. The average Bonchev–Trinajstić information content (AvgIpc) is 3.34. The van der Waals surface area contributed by atoms with Crippen molar-refractivity contribution in [3.05, 3.63) is 83.7 Å². The van der Waals surface area contributed by atoms with Crippen LogP contribution in [0.1, 0.15) is 21.7 Å². The van der Waals surface area contributed by atoms with Crippen LogP contribution in [0.15, 0.2) is 60.9 Å². The van der Waals surface area contributed by atoms with Gasteiger partial charge in [-0.15, -0.1) is 0 Å². The summed E-state index contributed by atoms with van der Waals surface area (Å²) in [6.07, 6.45) is 3.25. The zero-order valence-corrected chi connectivity index (χ0v) is 16.2. The number of halogens is 1. The summed E-state index contributed by atoms with van der Waals surface area (Å²) in [7, 11) is 1.63. The number of nitrogens with zero attached hydrogens (tertiary/aromatic N) is 5. The second-order valence-corrected chi connectivity index (χ2v) is 6.73. The normalized spacial score (nSPS) is 10.9. The summed E-state index contributed by atoms with van der Waals surface area (Å²) in [5, 5.41) is 20.2. The Morgan fingerprint density at radius 2 is 2.00 bits per heavy atom. The quantitative estimate of drug-likeness (QED) is 0.513. The molecule has 1 amide bonds. The summed E-state index contributed by atoms with van der Waals surface area (Å²) in [6.45, 7) is 0.240. The van der Waals surface area contributed by atoms with E-state index in [2.05, 4.69) is 20.5 Å². The molecule has 0 aliphatic heterocycles. The summed E-state index contributed by atoms with van der Waals surface area (Å²) in [6, 6.07) is 13.8. The van der Waals surface area contributed by atoms with Crippen molar-refractivity contribution in [3.63, 3.8) is 0 Å². The van der Waals surface area contributed by atoms with Gasteiger partial charge in [0.2, 0.25) is 0 Å². The molecule has 4 aromatic rings. The lowest BCUT2D eigenvalue weighted by atomic mass is 10.1. The molecule has 0 fully saturated rings. The third kappa shape index (κ3) is 4.26. The van der Waals surface area contributed by atoms with Crippen molar-refractivity contribution in [3.8, 4) is 11.4 Å². The molecule has 0 aliphatic rings. The van der Waals surface area contributed by atoms with Crippen LogP contribution in [0, 0.1) is 5.82 Å². The number of rotatable bonds is 6. The van der Waals surface area contributed by atoms with E-state index in [1.165, 1.54) is 23.0 Å². The van der Waals surface area contributed by atoms with Gasteiger partial charge in [0.1, 0.15) is 12.4 Å². The van der Waals surface area contributed by atoms with Crippen LogP contribution in [-0.4, -0.2) is 35.6 Å². The van der Waals surface area contributed by atoms with Gasteiger partial charge in [-0.05, 0) is 23.8 Å². The van der Waals surface area contributed by atoms with E-state index in [9.17, 15) is 14.3 Å². The molecular formula is C21H19FN6O2. The molecule has 0 saturated heterocycles. The zero-order chi connectivity index (χ0) is 21.1. The Morgan fingerprint density at radius 1 is 1.20 bits per heavy atom. The number of aryl methyl sites for hydroxylation is 1. The van der Waals surface area contributed by atoms with Crippen molar-refractivity contribution >= 4 is 11.6 Å². The summed E-state index contributed by atoms with van der Waals surface area (Å²) < 4.78 is 17.3. The Balaban J connectivity index is 1.52. The molecule has 0 bridgehead atoms. The van der Waals surface area contributed by atoms with Gasteiger partial charge >= 0.3 is 0 Å². The molecule has 2 aromatic heterocycles. The fourth-order valence-corrected chi connectivity index (χ4v) is 3.09. The minimum absolute atomic E-state index is 0.134. The highest BCUT2D eigenvalue weighted by molar-refractivity contribution is 6.04. The Bertz CT molecular complexity index is 1190. The molecule has 8 nitrogen and oxygen atoms in total. The van der Waals surface area contributed by atoms with Gasteiger partial charge in [0.15, 0.2) is 11.6 Å². The lowest BCUT2D eigenvalue weighted by Crippen LogP contribution is -2.12. The number of anilines is 1. The van der Waals surface area contributed by atoms with Gasteiger partial charge in [-0.1, -0.05) is 30.3 Å². The Kier molecular flexibility index (Phi) is 5.36. The molecule has 0 saturated carbocycles. The van der Waals surface area contributed by atoms with Crippen molar-refractivity contribution in [2.24, 2.45) is 7.05 Å². The van der Waals surface area contributed by atoms with E-state index in [0.717, 1.165) is 11.6 Å². The highest BCUT2D eigenvalue weighted by Gasteiger charge is 2.15. The van der Waals surface area contributed by atoms with Crippen molar-refractivity contribution < 1.29 is 14.3 Å². The van der Waals surface area contributed by atoms with Crippen LogP contribution in [0.3, 0.4) is 0 Å². The van der Waals surface area contributed by atoms with Crippen LogP contribution in [0.25, 0.3) is 11.4 Å². The van der Waals surface area contributed by atoms with Gasteiger partial charge < -0.3 is 10.4 Å². The van der Waals surface area contributed by atoms with Gasteiger partial charge in [-0.25, -0.2) is 14.1 Å². The van der Waals surface area contributed by atoms with Gasteiger partial charge in [0.25, 0.3) is 5.91 Å². The molecule has 0 spiro atoms. The first-order chi connectivity index (χ1) is 14.5. The van der Waals surface area contributed by atoms with E-state index in [0.29, 0.717) is 23.6 Å². The van der Waals surface area contributed by atoms with Gasteiger partial charge in [0.05, 0.1) is 18.4 Å². The van der Waals surface area contributed by atoms with Crippen molar-refractivity contribution in [1.29, 1.82) is 0 Å². The van der Waals surface area contributed by atoms with E-state index < -0.39 is 11.7 Å². The monoisotopic (exact) mass is 406 g/mol. The predicted molar refractivity (Wildman–Crippen MR) is 108 cm³/mol. The molecule has 0 unspecified atom stereocenters. The van der Waals surface area contributed by atoms with Crippen LogP contribution in [0.4, 0.5) is 10.1 Å². The third-order valence-electron chi connectivity index (χ3n) is 4.45. The third-order valence-corrected chi connectivity index (χ3v) is 4.45. The van der Waals surface area contributed by atoms with Gasteiger partial charge in [-0.3, -0.25) is 9.48 Å². The number of hydrogen-bond donors (Lipinski definition) is 2. The second-order valence-electron chi connectivity index (χ2n) is 6.73. The molecule has 2 aromatic carbocycles. The van der Waals surface area contributed by atoms with Crippen molar-refractivity contribution in [2.75, 3.05) is 5.32 Å². The number of carbonyl (C=O) groups excluding carboxylic acids is 1. The number of aromatic nitrogens is 5. The topological polar surface area (TPSA) is 97.9 Å². The van der Waals surface area contributed by atoms with Crippen LogP contribution >= 0.6 is 0 Å². The highest BCUT2D eigenvalue weighted by atomic mass is 19.1. The number of amides is 1. The van der Waals surface area contributed by atoms with Crippen molar-refractivity contribution in [1.82, 2.24) is 24.5 Å². The Hall–Kier alpha value is -3.85. The lowest BCUT2D eigenvalue weighted by Gasteiger charge is -2.06. The molecule has 0 atom stereocenters. The summed E-state index contributed by atoms with van der Waals surface area (Å²) >= 11 is 0. The van der Waals surface area contributed by atoms with Gasteiger partial charge in [-0.2, -0.15) is 10.2 Å². The lowest BCUT2D eigenvalue weighted by molar-refractivity contribution is 0.102. The van der Waals surface area contributed by atoms with Crippen LogP contribution in [-0.2, 0) is 20.2 Å². The standard InChI is InChI=1S/C21H19FN6O2/c1-27-20(25-19(13-29)26-27)15-7-16(9-17(22)8-15)21(30)24-18-10-23-28(12-18)11-14-5-3-2-4-6-14/h2-10,12,29H,11,13H2,1H3,(H,24,30). The number of nitrogens with one attached hydrogen (secondary N) is 1. The number of aliphatic hydroxyl groups is 1.